The topological polar surface area (TPSA) is 393 Å². The monoisotopic (exact) mass is 1980 g/mol. The molecule has 12 aliphatic rings. The fourth-order valence-corrected chi connectivity index (χ4v) is 23.4. The van der Waals surface area contributed by atoms with E-state index in [4.69, 9.17) is 14.2 Å². The number of fused-ring (bicyclic) bond motifs is 8. The molecule has 146 heavy (non-hydrogen) atoms. The van der Waals surface area contributed by atoms with Crippen molar-refractivity contribution in [3.63, 3.8) is 0 Å². The summed E-state index contributed by atoms with van der Waals surface area (Å²) in [5.41, 5.74) is 9.89. The molecule has 0 radical (unpaired) electrons. The molecule has 4 fully saturated rings. The van der Waals surface area contributed by atoms with Crippen LogP contribution in [0.1, 0.15) is 239 Å². The van der Waals surface area contributed by atoms with E-state index in [-0.39, 0.29) is 136 Å². The zero-order valence-electron chi connectivity index (χ0n) is 85.1. The summed E-state index contributed by atoms with van der Waals surface area (Å²) in [6, 6.07) is 56.1. The first-order chi connectivity index (χ1) is 70.4. The number of carbonyl (C=O) groups excluding carboxylic acids is 11. The molecular formula is C116H136N16O14. The van der Waals surface area contributed by atoms with Crippen molar-refractivity contribution in [1.29, 1.82) is 21.0 Å². The Morgan fingerprint density at radius 2 is 0.658 bits per heavy atom. The van der Waals surface area contributed by atoms with E-state index in [0.29, 0.717) is 64.1 Å². The van der Waals surface area contributed by atoms with Crippen molar-refractivity contribution in [3.8, 4) is 24.3 Å². The lowest BCUT2D eigenvalue weighted by molar-refractivity contribution is -0.138. The summed E-state index contributed by atoms with van der Waals surface area (Å²) in [5.74, 6) is -0.838. The predicted molar refractivity (Wildman–Crippen MR) is 552 cm³/mol. The van der Waals surface area contributed by atoms with Crippen molar-refractivity contribution in [2.24, 2.45) is 23.7 Å². The standard InChI is InChI=1S/2C31H36N4O4.C31H34N4O4.C23H30N4O2/c3*1-21(2)15-27-28(36)35-20-31(17-24(35)18-32)25-16-22(12-13-26(25)33-29(31)37)9-7-4-8-14-34(27)30(38)39-19-23-10-5-3-6-11-23;1-15(2)10-20-21(28)27-14-23(12-17(27)13-24)18-11-16(6-4-3-5-9-25-20)7-8-19(18)26-22(23)29/h2*3,5-6,10-13,16,21,24,27H,4,7-9,14-15,17,19-20H2,1-2H3,(H,33,37);3,5-7,9-13,16,21,24,27H,4,8,14-15,17,19-20H2,1-2H3,(H,33,37);7-8,11,15,17,20,25H,3-6,9-10,12,14H2,1-2H3,(H,26,29)/b;;9-7-;/t3*24-,27-,31-;17-,20-,23-/m0000/s1. The van der Waals surface area contributed by atoms with E-state index >= 15 is 0 Å². The van der Waals surface area contributed by atoms with Gasteiger partial charge < -0.3 is 60.4 Å². The Balaban J connectivity index is 0.000000140. The first-order valence-electron chi connectivity index (χ1n) is 52.3. The summed E-state index contributed by atoms with van der Waals surface area (Å²) in [4.78, 5) is 161. The number of amides is 11. The quantitative estimate of drug-likeness (QED) is 0.0631. The van der Waals surface area contributed by atoms with Gasteiger partial charge in [0.05, 0.1) is 52.0 Å². The van der Waals surface area contributed by atoms with E-state index in [9.17, 15) is 73.8 Å². The molecule has 19 rings (SSSR count). The summed E-state index contributed by atoms with van der Waals surface area (Å²) in [6.07, 6.45) is 17.9. The van der Waals surface area contributed by atoms with Gasteiger partial charge in [-0.2, -0.15) is 21.0 Å². The molecule has 7 aromatic carbocycles. The lowest BCUT2D eigenvalue weighted by atomic mass is 9.79. The van der Waals surface area contributed by atoms with Crippen LogP contribution in [0, 0.1) is 69.0 Å². The molecule has 7 aromatic rings. The molecule has 12 heterocycles. The predicted octanol–water partition coefficient (Wildman–Crippen LogP) is 17.2. The summed E-state index contributed by atoms with van der Waals surface area (Å²) in [7, 11) is 0. The third-order valence-corrected chi connectivity index (χ3v) is 31.0. The third kappa shape index (κ3) is 22.4. The summed E-state index contributed by atoms with van der Waals surface area (Å²) < 4.78 is 17.1. The average Bonchev–Trinajstić information content (AvgIpc) is 1.59. The maximum absolute atomic E-state index is 14.3. The second-order valence-corrected chi connectivity index (χ2v) is 43.1. The van der Waals surface area contributed by atoms with Crippen LogP contribution in [0.25, 0.3) is 6.08 Å². The van der Waals surface area contributed by atoms with Gasteiger partial charge >= 0.3 is 18.3 Å². The molecule has 0 unspecified atom stereocenters. The van der Waals surface area contributed by atoms with E-state index in [1.54, 1.807) is 14.7 Å². The number of carbonyl (C=O) groups is 11. The van der Waals surface area contributed by atoms with Crippen molar-refractivity contribution < 1.29 is 67.0 Å². The minimum absolute atomic E-state index is 0.0448. The second-order valence-electron chi connectivity index (χ2n) is 43.1. The molecule has 764 valence electrons. The minimum Gasteiger partial charge on any atom is -0.445 e. The normalized spacial score (nSPS) is 25.8. The molecule has 30 heteroatoms. The van der Waals surface area contributed by atoms with E-state index in [1.165, 1.54) is 25.2 Å². The Morgan fingerprint density at radius 1 is 0.356 bits per heavy atom. The number of nitrogens with zero attached hydrogens (tertiary/aromatic N) is 11. The SMILES string of the molecule is CC(C)C[C@@H]1NCCCCCc2ccc3c(c2)[C@@]2(C[C@@H](C#N)N(C2)C1=O)C(=O)N3.CC(C)C[C@H]1C(=O)N2C[C@]3(C[C@H]2C#N)C(=O)Nc2ccc(cc23)/C=C\CCCN1C(=O)OCc1ccccc1.CC(C)C[C@H]1C(=O)N2C[C@]3(C[C@H]2C#N)C(=O)Nc2ccc(cc23)CCCCCN1C(=O)OCc1ccccc1.CC(C)C[C@H]1C(=O)N2C[C@]3(C[C@H]2C#N)C(=O)Nc2ccc(cc23)CCCCCN1C(=O)OCc1ccccc1. The van der Waals surface area contributed by atoms with Gasteiger partial charge in [0.1, 0.15) is 62.1 Å². The van der Waals surface area contributed by atoms with Crippen LogP contribution < -0.4 is 26.6 Å². The van der Waals surface area contributed by atoms with Crippen LogP contribution in [0.4, 0.5) is 37.1 Å². The van der Waals surface area contributed by atoms with Crippen LogP contribution in [0.5, 0.6) is 0 Å². The lowest BCUT2D eigenvalue weighted by Gasteiger charge is -2.35. The zero-order chi connectivity index (χ0) is 103. The fraction of sp³-hybridized carbons (Fsp3) is 0.491. The number of benzene rings is 7. The van der Waals surface area contributed by atoms with Crippen LogP contribution in [0.3, 0.4) is 0 Å². The maximum atomic E-state index is 14.3. The van der Waals surface area contributed by atoms with Crippen molar-refractivity contribution in [2.75, 3.05) is 73.6 Å². The van der Waals surface area contributed by atoms with Gasteiger partial charge in [-0.15, -0.1) is 0 Å². The number of allylic oxidation sites excluding steroid dienone is 1. The van der Waals surface area contributed by atoms with E-state index in [1.807, 2.05) is 187 Å². The fourth-order valence-electron chi connectivity index (χ4n) is 23.4. The number of nitrogens with one attached hydrogen (secondary N) is 5. The zero-order valence-corrected chi connectivity index (χ0v) is 85.1. The van der Waals surface area contributed by atoms with Gasteiger partial charge in [-0.05, 0) is 218 Å². The van der Waals surface area contributed by atoms with Crippen LogP contribution in [0.2, 0.25) is 0 Å². The van der Waals surface area contributed by atoms with Crippen LogP contribution in [-0.4, -0.2) is 201 Å². The molecule has 0 aromatic heterocycles. The molecule has 4 spiro atoms. The Hall–Kier alpha value is -14.2. The Kier molecular flexibility index (Phi) is 33.0. The molecule has 4 saturated heterocycles. The Bertz CT molecular complexity index is 6040. The van der Waals surface area contributed by atoms with Gasteiger partial charge in [0.25, 0.3) is 0 Å². The van der Waals surface area contributed by atoms with Crippen molar-refractivity contribution in [1.82, 2.24) is 39.6 Å². The molecule has 30 nitrogen and oxygen atoms in total. The van der Waals surface area contributed by atoms with Gasteiger partial charge in [-0.25, -0.2) is 14.4 Å². The van der Waals surface area contributed by atoms with Crippen LogP contribution in [-0.2, 0) is 113 Å². The smallest absolute Gasteiger partial charge is 0.410 e. The van der Waals surface area contributed by atoms with Gasteiger partial charge in [0.15, 0.2) is 0 Å². The number of nitriles is 4. The van der Waals surface area contributed by atoms with Gasteiger partial charge in [0.2, 0.25) is 47.3 Å². The van der Waals surface area contributed by atoms with Gasteiger partial charge in [-0.1, -0.05) is 220 Å². The van der Waals surface area contributed by atoms with Crippen LogP contribution >= 0.6 is 0 Å². The molecule has 0 aliphatic carbocycles. The van der Waals surface area contributed by atoms with Crippen molar-refractivity contribution >= 4 is 94.4 Å². The molecule has 12 atom stereocenters. The Labute approximate surface area is 856 Å². The highest BCUT2D eigenvalue weighted by Gasteiger charge is 2.62. The molecule has 11 amide bonds. The molecular weight excluding hydrogens is 1840 g/mol. The summed E-state index contributed by atoms with van der Waals surface area (Å²) >= 11 is 0. The Morgan fingerprint density at radius 3 is 0.979 bits per heavy atom. The van der Waals surface area contributed by atoms with Gasteiger partial charge in [-0.3, -0.25) is 53.1 Å². The number of aryl methyl sites for hydroxylation is 3. The number of ether oxygens (including phenoxy) is 3. The molecule has 12 aliphatic heterocycles. The molecule has 0 saturated carbocycles. The molecule has 16 bridgehead atoms. The number of anilines is 4. The largest absolute Gasteiger partial charge is 0.445 e. The highest BCUT2D eigenvalue weighted by molar-refractivity contribution is 6.11. The number of hydrogen-bond donors (Lipinski definition) is 5. The van der Waals surface area contributed by atoms with E-state index in [2.05, 4.69) is 95.0 Å². The van der Waals surface area contributed by atoms with Crippen molar-refractivity contribution in [2.45, 2.75) is 286 Å². The highest BCUT2D eigenvalue weighted by atomic mass is 16.6. The van der Waals surface area contributed by atoms with Crippen molar-refractivity contribution in [3.05, 3.63) is 231 Å². The van der Waals surface area contributed by atoms with E-state index in [0.717, 1.165) is 168 Å². The minimum atomic E-state index is -1.000. The van der Waals surface area contributed by atoms with Gasteiger partial charge in [0, 0.05) is 94.2 Å². The lowest BCUT2D eigenvalue weighted by Crippen LogP contribution is -2.53. The third-order valence-electron chi connectivity index (χ3n) is 31.0. The summed E-state index contributed by atoms with van der Waals surface area (Å²) in [5, 5.41) is 55.6. The first kappa shape index (κ1) is 105. The van der Waals surface area contributed by atoms with E-state index < -0.39 is 82.2 Å². The summed E-state index contributed by atoms with van der Waals surface area (Å²) in [6.45, 7) is 19.1. The highest BCUT2D eigenvalue weighted by Crippen LogP contribution is 2.53. The molecule has 5 N–H and O–H groups in total. The number of rotatable bonds is 14. The van der Waals surface area contributed by atoms with Crippen LogP contribution in [0.15, 0.2) is 170 Å². The second kappa shape index (κ2) is 46.0. The first-order valence-corrected chi connectivity index (χ1v) is 52.3. The average molecular weight is 1980 g/mol. The number of hydrogen-bond acceptors (Lipinski definition) is 19. The maximum Gasteiger partial charge on any atom is 0.410 e.